The van der Waals surface area contributed by atoms with Crippen molar-refractivity contribution in [2.24, 2.45) is 7.05 Å². The Morgan fingerprint density at radius 3 is 2.60 bits per heavy atom. The third-order valence-electron chi connectivity index (χ3n) is 3.23. The highest BCUT2D eigenvalue weighted by molar-refractivity contribution is 7.83. The number of hydrogen-bond donors (Lipinski definition) is 0. The van der Waals surface area contributed by atoms with E-state index in [4.69, 9.17) is 4.74 Å². The fraction of sp³-hybridized carbons (Fsp3) is 0.429. The first kappa shape index (κ1) is 14.7. The average molecular weight is 293 g/mol. The maximum Gasteiger partial charge on any atom is 0.145 e. The van der Waals surface area contributed by atoms with E-state index in [2.05, 4.69) is 10.2 Å². The summed E-state index contributed by atoms with van der Waals surface area (Å²) in [7, 11) is 2.47. The molecule has 1 aromatic carbocycles. The Bertz CT molecular complexity index is 637. The van der Waals surface area contributed by atoms with Gasteiger partial charge in [0, 0.05) is 23.4 Å². The molecule has 1 heterocycles. The van der Waals surface area contributed by atoms with Crippen LogP contribution in [0.5, 0.6) is 5.75 Å². The summed E-state index contributed by atoms with van der Waals surface area (Å²) in [5, 5.41) is 8.02. The van der Waals surface area contributed by atoms with Crippen molar-refractivity contribution in [1.29, 1.82) is 0 Å². The van der Waals surface area contributed by atoms with Gasteiger partial charge in [-0.25, -0.2) is 0 Å². The van der Waals surface area contributed by atoms with Gasteiger partial charge in [0.25, 0.3) is 0 Å². The Morgan fingerprint density at radius 2 is 2.00 bits per heavy atom. The van der Waals surface area contributed by atoms with Crippen LogP contribution < -0.4 is 4.74 Å². The van der Waals surface area contributed by atoms with Crippen LogP contribution in [0.25, 0.3) is 0 Å². The average Bonchev–Trinajstić information content (AvgIpc) is 2.71. The monoisotopic (exact) mass is 293 g/mol. The lowest BCUT2D eigenvalue weighted by Crippen LogP contribution is -2.06. The van der Waals surface area contributed by atoms with E-state index >= 15 is 0 Å². The number of aromatic nitrogens is 3. The van der Waals surface area contributed by atoms with Crippen molar-refractivity contribution in [2.75, 3.05) is 7.11 Å². The second kappa shape index (κ2) is 6.17. The quantitative estimate of drug-likeness (QED) is 0.844. The maximum atomic E-state index is 12.3. The fourth-order valence-electron chi connectivity index (χ4n) is 1.97. The summed E-state index contributed by atoms with van der Waals surface area (Å²) in [4.78, 5) is 0. The molecule has 0 aliphatic rings. The molecule has 0 bridgehead atoms. The number of methoxy groups -OCH3 is 1. The van der Waals surface area contributed by atoms with E-state index in [0.29, 0.717) is 11.5 Å². The minimum Gasteiger partial charge on any atom is -0.496 e. The first-order valence-corrected chi connectivity index (χ1v) is 7.83. The Hall–Kier alpha value is -1.69. The zero-order valence-corrected chi connectivity index (χ0v) is 13.0. The van der Waals surface area contributed by atoms with Crippen LogP contribution in [0.4, 0.5) is 0 Å². The molecule has 0 radical (unpaired) electrons. The number of rotatable bonds is 5. The van der Waals surface area contributed by atoms with Gasteiger partial charge in [-0.3, -0.25) is 4.21 Å². The molecule has 0 spiro atoms. The molecule has 5 nitrogen and oxygen atoms in total. The van der Waals surface area contributed by atoms with Crippen LogP contribution >= 0.6 is 0 Å². The van der Waals surface area contributed by atoms with Gasteiger partial charge in [0.05, 0.1) is 18.6 Å². The van der Waals surface area contributed by atoms with Crippen LogP contribution in [0.1, 0.15) is 22.8 Å². The Labute approximate surface area is 121 Å². The lowest BCUT2D eigenvalue weighted by Gasteiger charge is -2.09. The summed E-state index contributed by atoms with van der Waals surface area (Å²) in [5.74, 6) is 3.20. The highest BCUT2D eigenvalue weighted by Crippen LogP contribution is 2.21. The third kappa shape index (κ3) is 3.25. The van der Waals surface area contributed by atoms with E-state index in [0.717, 1.165) is 28.5 Å². The fourth-order valence-corrected chi connectivity index (χ4v) is 3.18. The van der Waals surface area contributed by atoms with E-state index in [-0.39, 0.29) is 0 Å². The third-order valence-corrected chi connectivity index (χ3v) is 4.44. The zero-order chi connectivity index (χ0) is 14.7. The van der Waals surface area contributed by atoms with Gasteiger partial charge < -0.3 is 9.30 Å². The molecule has 0 aliphatic heterocycles. The number of benzene rings is 1. The summed E-state index contributed by atoms with van der Waals surface area (Å²) in [6.07, 6.45) is 0. The van der Waals surface area contributed by atoms with E-state index in [1.807, 2.05) is 43.7 Å². The van der Waals surface area contributed by atoms with Gasteiger partial charge in [-0.05, 0) is 19.9 Å². The number of aryl methyl sites for hydroxylation is 2. The maximum absolute atomic E-state index is 12.3. The smallest absolute Gasteiger partial charge is 0.145 e. The highest BCUT2D eigenvalue weighted by atomic mass is 32.2. The second-order valence-electron chi connectivity index (χ2n) is 4.77. The molecule has 0 aliphatic carbocycles. The van der Waals surface area contributed by atoms with Crippen molar-refractivity contribution in [3.8, 4) is 5.75 Å². The van der Waals surface area contributed by atoms with E-state index in [9.17, 15) is 4.21 Å². The second-order valence-corrected chi connectivity index (χ2v) is 6.22. The molecule has 2 rings (SSSR count). The van der Waals surface area contributed by atoms with Gasteiger partial charge in [-0.2, -0.15) is 0 Å². The van der Waals surface area contributed by atoms with Gasteiger partial charge in [0.2, 0.25) is 0 Å². The number of ether oxygens (including phenoxy) is 1. The molecule has 6 heteroatoms. The first-order chi connectivity index (χ1) is 9.51. The molecular weight excluding hydrogens is 274 g/mol. The molecule has 108 valence electrons. The van der Waals surface area contributed by atoms with Crippen LogP contribution in [0, 0.1) is 13.8 Å². The van der Waals surface area contributed by atoms with Crippen LogP contribution in [0.15, 0.2) is 18.2 Å². The van der Waals surface area contributed by atoms with Crippen molar-refractivity contribution < 1.29 is 8.95 Å². The molecule has 1 atom stereocenters. The molecular formula is C14H19N3O2S. The minimum atomic E-state index is -1.04. The van der Waals surface area contributed by atoms with Gasteiger partial charge >= 0.3 is 0 Å². The highest BCUT2D eigenvalue weighted by Gasteiger charge is 2.12. The van der Waals surface area contributed by atoms with E-state index in [1.165, 1.54) is 0 Å². The summed E-state index contributed by atoms with van der Waals surface area (Å²) in [5.41, 5.74) is 2.09. The Balaban J connectivity index is 2.12. The molecule has 1 unspecified atom stereocenters. The lowest BCUT2D eigenvalue weighted by atomic mass is 10.1. The predicted octanol–water partition coefficient (Wildman–Crippen LogP) is 1.89. The van der Waals surface area contributed by atoms with Gasteiger partial charge in [0.15, 0.2) is 0 Å². The molecule has 0 N–H and O–H groups in total. The molecule has 2 aromatic rings. The summed E-state index contributed by atoms with van der Waals surface area (Å²) in [6, 6.07) is 5.91. The van der Waals surface area contributed by atoms with E-state index in [1.54, 1.807) is 7.11 Å². The first-order valence-electron chi connectivity index (χ1n) is 6.34. The lowest BCUT2D eigenvalue weighted by molar-refractivity contribution is 0.411. The number of hydrogen-bond acceptors (Lipinski definition) is 4. The molecule has 0 fully saturated rings. The van der Waals surface area contributed by atoms with Crippen LogP contribution in [0.2, 0.25) is 0 Å². The zero-order valence-electron chi connectivity index (χ0n) is 12.2. The van der Waals surface area contributed by atoms with Crippen molar-refractivity contribution in [3.63, 3.8) is 0 Å². The SMILES string of the molecule is COc1ccc(C)cc1CS(=O)Cc1nnc(C)n1C. The molecule has 1 aromatic heterocycles. The van der Waals surface area contributed by atoms with Gasteiger partial charge in [-0.1, -0.05) is 17.7 Å². The molecule has 0 saturated carbocycles. The number of nitrogens with zero attached hydrogens (tertiary/aromatic N) is 3. The normalized spacial score (nSPS) is 12.4. The van der Waals surface area contributed by atoms with Crippen LogP contribution in [0.3, 0.4) is 0 Å². The van der Waals surface area contributed by atoms with Crippen LogP contribution in [-0.2, 0) is 29.4 Å². The van der Waals surface area contributed by atoms with Crippen molar-refractivity contribution in [3.05, 3.63) is 41.0 Å². The minimum absolute atomic E-state index is 0.397. The van der Waals surface area contributed by atoms with Gasteiger partial charge in [0.1, 0.15) is 17.4 Å². The largest absolute Gasteiger partial charge is 0.496 e. The molecule has 0 amide bonds. The summed E-state index contributed by atoms with van der Waals surface area (Å²) >= 11 is 0. The Kier molecular flexibility index (Phi) is 4.54. The topological polar surface area (TPSA) is 57.0 Å². The predicted molar refractivity (Wildman–Crippen MR) is 79.0 cm³/mol. The summed E-state index contributed by atoms with van der Waals surface area (Å²) < 4.78 is 19.5. The summed E-state index contributed by atoms with van der Waals surface area (Å²) in [6.45, 7) is 3.89. The van der Waals surface area contributed by atoms with Crippen LogP contribution in [-0.4, -0.2) is 26.1 Å². The van der Waals surface area contributed by atoms with E-state index < -0.39 is 10.8 Å². The van der Waals surface area contributed by atoms with Gasteiger partial charge in [-0.15, -0.1) is 10.2 Å². The van der Waals surface area contributed by atoms with Crippen molar-refractivity contribution in [2.45, 2.75) is 25.4 Å². The molecule has 0 saturated heterocycles. The Morgan fingerprint density at radius 1 is 1.25 bits per heavy atom. The molecule has 20 heavy (non-hydrogen) atoms. The van der Waals surface area contributed by atoms with Crippen molar-refractivity contribution >= 4 is 10.8 Å². The van der Waals surface area contributed by atoms with Crippen molar-refractivity contribution in [1.82, 2.24) is 14.8 Å². The standard InChI is InChI=1S/C14H19N3O2S/c1-10-5-6-13(19-4)12(7-10)8-20(18)9-14-16-15-11(2)17(14)3/h5-7H,8-9H2,1-4H3.